The van der Waals surface area contributed by atoms with Crippen molar-refractivity contribution in [1.82, 2.24) is 0 Å². The number of carbonyl (C=O) groups excluding carboxylic acids is 1. The van der Waals surface area contributed by atoms with Crippen LogP contribution in [-0.4, -0.2) is 23.9 Å². The SMILES string of the molecule is COc1cc(/C=C2\N=C(c3cccc(F)c3)OC2=O)ccc1OCc1ccc([N+](=O)[O-])cc1. The van der Waals surface area contributed by atoms with Gasteiger partial charge in [-0.15, -0.1) is 0 Å². The van der Waals surface area contributed by atoms with Gasteiger partial charge in [0, 0.05) is 17.7 Å². The van der Waals surface area contributed by atoms with E-state index < -0.39 is 16.7 Å². The number of nitro benzene ring substituents is 1. The van der Waals surface area contributed by atoms with Crippen LogP contribution in [-0.2, 0) is 16.1 Å². The molecule has 0 aromatic heterocycles. The van der Waals surface area contributed by atoms with E-state index in [0.29, 0.717) is 22.6 Å². The van der Waals surface area contributed by atoms with Gasteiger partial charge in [0.05, 0.1) is 12.0 Å². The Kier molecular flexibility index (Phi) is 6.12. The molecule has 0 unspecified atom stereocenters. The van der Waals surface area contributed by atoms with Gasteiger partial charge in [-0.3, -0.25) is 10.1 Å². The lowest BCUT2D eigenvalue weighted by molar-refractivity contribution is -0.384. The number of ether oxygens (including phenoxy) is 3. The van der Waals surface area contributed by atoms with Gasteiger partial charge in [-0.05, 0) is 59.7 Å². The van der Waals surface area contributed by atoms with E-state index in [1.165, 1.54) is 43.5 Å². The summed E-state index contributed by atoms with van der Waals surface area (Å²) in [6.45, 7) is 0.183. The average Bonchev–Trinajstić information content (AvgIpc) is 3.18. The summed E-state index contributed by atoms with van der Waals surface area (Å²) in [6.07, 6.45) is 1.53. The lowest BCUT2D eigenvalue weighted by atomic mass is 10.1. The summed E-state index contributed by atoms with van der Waals surface area (Å²) in [5, 5.41) is 10.8. The van der Waals surface area contributed by atoms with E-state index in [2.05, 4.69) is 4.99 Å². The van der Waals surface area contributed by atoms with Gasteiger partial charge in [-0.2, -0.15) is 0 Å². The van der Waals surface area contributed by atoms with Gasteiger partial charge in [0.25, 0.3) is 5.69 Å². The van der Waals surface area contributed by atoms with E-state index in [-0.39, 0.29) is 23.9 Å². The van der Waals surface area contributed by atoms with E-state index in [1.807, 2.05) is 0 Å². The Morgan fingerprint density at radius 2 is 1.88 bits per heavy atom. The number of nitrogens with zero attached hydrogens (tertiary/aromatic N) is 2. The molecular formula is C24H17FN2O6. The highest BCUT2D eigenvalue weighted by Gasteiger charge is 2.24. The largest absolute Gasteiger partial charge is 0.493 e. The third kappa shape index (κ3) is 5.04. The fourth-order valence-electron chi connectivity index (χ4n) is 3.08. The maximum Gasteiger partial charge on any atom is 0.363 e. The van der Waals surface area contributed by atoms with Crippen LogP contribution in [0.4, 0.5) is 10.1 Å². The lowest BCUT2D eigenvalue weighted by Crippen LogP contribution is -2.05. The van der Waals surface area contributed by atoms with Crippen molar-refractivity contribution in [3.05, 3.63) is 105 Å². The van der Waals surface area contributed by atoms with Crippen LogP contribution in [0.25, 0.3) is 6.08 Å². The number of methoxy groups -OCH3 is 1. The summed E-state index contributed by atoms with van der Waals surface area (Å²) in [5.41, 5.74) is 1.80. The maximum absolute atomic E-state index is 13.4. The zero-order valence-electron chi connectivity index (χ0n) is 17.4. The third-order valence-corrected chi connectivity index (χ3v) is 4.72. The monoisotopic (exact) mass is 448 g/mol. The molecule has 9 heteroatoms. The summed E-state index contributed by atoms with van der Waals surface area (Å²) in [5.74, 6) is -0.201. The highest BCUT2D eigenvalue weighted by atomic mass is 19.1. The maximum atomic E-state index is 13.4. The number of benzene rings is 3. The fourth-order valence-corrected chi connectivity index (χ4v) is 3.08. The zero-order chi connectivity index (χ0) is 23.4. The van der Waals surface area contributed by atoms with E-state index in [9.17, 15) is 19.3 Å². The van der Waals surface area contributed by atoms with E-state index in [4.69, 9.17) is 14.2 Å². The van der Waals surface area contributed by atoms with Crippen LogP contribution < -0.4 is 9.47 Å². The number of carbonyl (C=O) groups is 1. The molecule has 1 aliphatic heterocycles. The van der Waals surface area contributed by atoms with Gasteiger partial charge in [0.1, 0.15) is 12.4 Å². The van der Waals surface area contributed by atoms with Gasteiger partial charge < -0.3 is 14.2 Å². The zero-order valence-corrected chi connectivity index (χ0v) is 17.4. The number of hydrogen-bond acceptors (Lipinski definition) is 7. The number of cyclic esters (lactones) is 1. The first-order valence-corrected chi connectivity index (χ1v) is 9.75. The third-order valence-electron chi connectivity index (χ3n) is 4.72. The number of halogens is 1. The van der Waals surface area contributed by atoms with Crippen molar-refractivity contribution in [3.8, 4) is 11.5 Å². The molecule has 1 aliphatic rings. The summed E-state index contributed by atoms with van der Waals surface area (Å²) < 4.78 is 29.8. The molecule has 0 spiro atoms. The normalized spacial score (nSPS) is 14.1. The quantitative estimate of drug-likeness (QED) is 0.225. The van der Waals surface area contributed by atoms with Crippen molar-refractivity contribution in [3.63, 3.8) is 0 Å². The highest BCUT2D eigenvalue weighted by molar-refractivity contribution is 6.12. The van der Waals surface area contributed by atoms with Crippen molar-refractivity contribution in [2.45, 2.75) is 6.61 Å². The molecule has 3 aromatic carbocycles. The summed E-state index contributed by atoms with van der Waals surface area (Å²) in [4.78, 5) is 26.7. The van der Waals surface area contributed by atoms with E-state index >= 15 is 0 Å². The highest BCUT2D eigenvalue weighted by Crippen LogP contribution is 2.30. The Morgan fingerprint density at radius 1 is 1.09 bits per heavy atom. The smallest absolute Gasteiger partial charge is 0.363 e. The van der Waals surface area contributed by atoms with Crippen LogP contribution in [0.15, 0.2) is 77.4 Å². The number of esters is 1. The molecule has 0 atom stereocenters. The van der Waals surface area contributed by atoms with Gasteiger partial charge in [0.15, 0.2) is 17.2 Å². The molecule has 4 rings (SSSR count). The second-order valence-corrected chi connectivity index (χ2v) is 6.97. The number of rotatable bonds is 7. The molecule has 0 aliphatic carbocycles. The average molecular weight is 448 g/mol. The molecular weight excluding hydrogens is 431 g/mol. The molecule has 0 N–H and O–H groups in total. The van der Waals surface area contributed by atoms with Crippen molar-refractivity contribution < 1.29 is 28.3 Å². The van der Waals surface area contributed by atoms with Gasteiger partial charge in [0.2, 0.25) is 5.90 Å². The predicted molar refractivity (Wildman–Crippen MR) is 117 cm³/mol. The summed E-state index contributed by atoms with van der Waals surface area (Å²) in [7, 11) is 1.48. The van der Waals surface area contributed by atoms with E-state index in [0.717, 1.165) is 5.56 Å². The van der Waals surface area contributed by atoms with Crippen LogP contribution in [0, 0.1) is 15.9 Å². The Bertz CT molecular complexity index is 1280. The van der Waals surface area contributed by atoms with Crippen molar-refractivity contribution in [1.29, 1.82) is 0 Å². The van der Waals surface area contributed by atoms with Crippen LogP contribution in [0.5, 0.6) is 11.5 Å². The minimum atomic E-state index is -0.647. The Balaban J connectivity index is 1.51. The number of hydrogen-bond donors (Lipinski definition) is 0. The van der Waals surface area contributed by atoms with Crippen LogP contribution >= 0.6 is 0 Å². The molecule has 0 bridgehead atoms. The van der Waals surface area contributed by atoms with Crippen molar-refractivity contribution in [2.75, 3.05) is 7.11 Å². The lowest BCUT2D eigenvalue weighted by Gasteiger charge is -2.11. The number of nitro groups is 1. The molecule has 166 valence electrons. The van der Waals surface area contributed by atoms with E-state index in [1.54, 1.807) is 36.4 Å². The Hall–Kier alpha value is -4.53. The van der Waals surface area contributed by atoms with Crippen molar-refractivity contribution >= 4 is 23.6 Å². The molecule has 0 amide bonds. The second kappa shape index (κ2) is 9.31. The molecule has 8 nitrogen and oxygen atoms in total. The molecule has 0 fully saturated rings. The first kappa shape index (κ1) is 21.7. The molecule has 33 heavy (non-hydrogen) atoms. The standard InChI is InChI=1S/C24H17FN2O6/c1-31-22-12-16(7-10-21(22)32-14-15-5-8-19(9-6-15)27(29)30)11-20-24(28)33-23(26-20)17-3-2-4-18(25)13-17/h2-13H,14H2,1H3/b20-11-. The van der Waals surface area contributed by atoms with Gasteiger partial charge in [-0.1, -0.05) is 12.1 Å². The van der Waals surface area contributed by atoms with Gasteiger partial charge in [-0.25, -0.2) is 14.2 Å². The van der Waals surface area contributed by atoms with Crippen LogP contribution in [0.3, 0.4) is 0 Å². The Morgan fingerprint density at radius 3 is 2.58 bits per heavy atom. The first-order valence-electron chi connectivity index (χ1n) is 9.75. The Labute approximate surface area is 187 Å². The van der Waals surface area contributed by atoms with Gasteiger partial charge >= 0.3 is 5.97 Å². The van der Waals surface area contributed by atoms with Crippen LogP contribution in [0.1, 0.15) is 16.7 Å². The number of non-ortho nitro benzene ring substituents is 1. The molecule has 1 heterocycles. The van der Waals surface area contributed by atoms with Crippen LogP contribution in [0.2, 0.25) is 0 Å². The molecule has 0 radical (unpaired) electrons. The fraction of sp³-hybridized carbons (Fsp3) is 0.0833. The molecule has 3 aromatic rings. The molecule has 0 saturated carbocycles. The predicted octanol–water partition coefficient (Wildman–Crippen LogP) is 4.67. The minimum absolute atomic E-state index is 0.00220. The first-order chi connectivity index (χ1) is 15.9. The summed E-state index contributed by atoms with van der Waals surface area (Å²) >= 11 is 0. The number of aliphatic imine (C=N–C) groups is 1. The second-order valence-electron chi connectivity index (χ2n) is 6.97. The topological polar surface area (TPSA) is 100 Å². The molecule has 0 saturated heterocycles. The minimum Gasteiger partial charge on any atom is -0.493 e. The van der Waals surface area contributed by atoms with Crippen molar-refractivity contribution in [2.24, 2.45) is 4.99 Å². The summed E-state index contributed by atoms with van der Waals surface area (Å²) in [6, 6.07) is 16.7.